The van der Waals surface area contributed by atoms with Crippen LogP contribution in [-0.4, -0.2) is 32.0 Å². The van der Waals surface area contributed by atoms with E-state index in [-0.39, 0.29) is 11.0 Å². The summed E-state index contributed by atoms with van der Waals surface area (Å²) in [4.78, 5) is 15.5. The quantitative estimate of drug-likeness (QED) is 0.289. The maximum Gasteiger partial charge on any atom is 0.456 e. The zero-order valence-corrected chi connectivity index (χ0v) is 23.1. The summed E-state index contributed by atoms with van der Waals surface area (Å²) >= 11 is 0. The molecule has 0 saturated heterocycles. The van der Waals surface area contributed by atoms with E-state index >= 15 is 4.39 Å². The Morgan fingerprint density at radius 3 is 1.32 bits per heavy atom. The van der Waals surface area contributed by atoms with Gasteiger partial charge in [0.1, 0.15) is 0 Å². The number of allylic oxidation sites excluding steroid dienone is 4. The van der Waals surface area contributed by atoms with E-state index in [4.69, 9.17) is 9.97 Å². The predicted octanol–water partition coefficient (Wildman–Crippen LogP) is 9.98. The van der Waals surface area contributed by atoms with Crippen LogP contribution >= 0.6 is 0 Å². The third-order valence-corrected chi connectivity index (χ3v) is 7.67. The molecule has 3 aromatic heterocycles. The minimum absolute atomic E-state index is 0.198. The molecule has 0 radical (unpaired) electrons. The van der Waals surface area contributed by atoms with E-state index in [2.05, 4.69) is 9.97 Å². The highest BCUT2D eigenvalue weighted by atomic mass is 19.4. The Morgan fingerprint density at radius 1 is 0.610 bits per heavy atom. The maximum atomic E-state index is 15.4. The van der Waals surface area contributed by atoms with Gasteiger partial charge in [0.15, 0.2) is 0 Å². The minimum atomic E-state index is -6.08. The summed E-state index contributed by atoms with van der Waals surface area (Å²) in [5.74, 6) is -5.62. The van der Waals surface area contributed by atoms with Crippen molar-refractivity contribution in [3.05, 3.63) is 70.8 Å². The maximum absolute atomic E-state index is 15.4. The first-order valence-electron chi connectivity index (χ1n) is 13.7. The highest BCUT2D eigenvalue weighted by molar-refractivity contribution is 5.96. The molecule has 0 aromatic carbocycles. The van der Waals surface area contributed by atoms with E-state index in [1.807, 2.05) is 33.8 Å². The summed E-state index contributed by atoms with van der Waals surface area (Å²) in [7, 11) is 0. The second-order valence-corrected chi connectivity index (χ2v) is 10.1. The monoisotopic (exact) mass is 572 g/mol. The molecule has 41 heavy (non-hydrogen) atoms. The van der Waals surface area contributed by atoms with Crippen molar-refractivity contribution in [2.75, 3.05) is 0 Å². The summed E-state index contributed by atoms with van der Waals surface area (Å²) in [6.45, 7) is 8.08. The third-order valence-electron chi connectivity index (χ3n) is 7.67. The standard InChI is InChI=1S/C31H30F6N4/c1-5-18-20(7-3)26-15-27-21(8-4)19(6-2)25(41-27)14-17-10-12-23(39-17)28(29(32)30(33,34)31(35,36)37)22-11-9-16(38-22)13-24(18)40-26/h9-15,29,38-39H,5-8H2,1-4H3. The number of halogens is 6. The number of hydrogen-bond acceptors (Lipinski definition) is 2. The normalized spacial score (nSPS) is 15.2. The van der Waals surface area contributed by atoms with Gasteiger partial charge in [-0.15, -0.1) is 0 Å². The molecule has 2 N–H and O–H groups in total. The van der Waals surface area contributed by atoms with Crippen molar-refractivity contribution in [2.24, 2.45) is 0 Å². The molecule has 1 atom stereocenters. The zero-order chi connectivity index (χ0) is 29.7. The Hall–Kier alpha value is -3.82. The van der Waals surface area contributed by atoms with Crippen LogP contribution in [0.25, 0.3) is 44.4 Å². The first-order chi connectivity index (χ1) is 19.4. The molecular formula is C31H30F6N4. The van der Waals surface area contributed by atoms with Crippen LogP contribution in [0, 0.1) is 0 Å². The Kier molecular flexibility index (Phi) is 7.38. The fourth-order valence-electron chi connectivity index (χ4n) is 5.68. The number of hydrogen-bond donors (Lipinski definition) is 2. The van der Waals surface area contributed by atoms with Crippen molar-refractivity contribution in [2.45, 2.75) is 71.6 Å². The van der Waals surface area contributed by atoms with Gasteiger partial charge >= 0.3 is 12.1 Å². The predicted molar refractivity (Wildman–Crippen MR) is 151 cm³/mol. The third kappa shape index (κ3) is 4.87. The van der Waals surface area contributed by atoms with Gasteiger partial charge in [0.2, 0.25) is 6.17 Å². The van der Waals surface area contributed by atoms with Crippen LogP contribution in [0.2, 0.25) is 0 Å². The number of nitrogens with one attached hydrogen (secondary N) is 2. The Bertz CT molecular complexity index is 1610. The molecule has 216 valence electrons. The zero-order valence-electron chi connectivity index (χ0n) is 23.1. The Labute approximate surface area is 233 Å². The number of rotatable bonds is 6. The van der Waals surface area contributed by atoms with Crippen LogP contribution in [0.1, 0.15) is 87.9 Å². The van der Waals surface area contributed by atoms with Gasteiger partial charge < -0.3 is 9.97 Å². The highest BCUT2D eigenvalue weighted by Crippen LogP contribution is 2.48. The average molecular weight is 573 g/mol. The molecule has 3 aromatic rings. The van der Waals surface area contributed by atoms with Gasteiger partial charge in [0.25, 0.3) is 0 Å². The molecule has 2 aliphatic rings. The van der Waals surface area contributed by atoms with Crippen molar-refractivity contribution >= 4 is 44.4 Å². The van der Waals surface area contributed by atoms with Gasteiger partial charge in [0.05, 0.1) is 22.8 Å². The summed E-state index contributed by atoms with van der Waals surface area (Å²) in [6, 6.07) is 11.0. The molecule has 0 spiro atoms. The SMILES string of the molecule is CCC1=C(CC)c2cc3ccc([nH]3)c(C(F)C(F)(F)C(F)(F)F)c3ccc(cc4nc(cc1n2)C(CC)=C4CC)[nH]3. The lowest BCUT2D eigenvalue weighted by molar-refractivity contribution is -0.304. The van der Waals surface area contributed by atoms with Gasteiger partial charge in [-0.1, -0.05) is 27.7 Å². The summed E-state index contributed by atoms with van der Waals surface area (Å²) in [6.07, 6.45) is -6.98. The van der Waals surface area contributed by atoms with Crippen molar-refractivity contribution in [3.63, 3.8) is 0 Å². The number of H-pyrrole nitrogens is 2. The molecule has 2 aliphatic heterocycles. The summed E-state index contributed by atoms with van der Waals surface area (Å²) in [5.41, 5.74) is 6.50. The van der Waals surface area contributed by atoms with E-state index in [1.165, 1.54) is 24.3 Å². The Balaban J connectivity index is 1.93. The molecule has 0 amide bonds. The van der Waals surface area contributed by atoms with Crippen molar-refractivity contribution < 1.29 is 26.3 Å². The first-order valence-corrected chi connectivity index (χ1v) is 13.7. The topological polar surface area (TPSA) is 57.4 Å². The number of alkyl halides is 6. The van der Waals surface area contributed by atoms with Gasteiger partial charge in [-0.05, 0) is 90.4 Å². The van der Waals surface area contributed by atoms with Gasteiger partial charge in [-0.3, -0.25) is 0 Å². The van der Waals surface area contributed by atoms with Crippen LogP contribution in [0.4, 0.5) is 26.3 Å². The molecular weight excluding hydrogens is 542 g/mol. The molecule has 0 saturated carbocycles. The number of aromatic nitrogens is 4. The second-order valence-electron chi connectivity index (χ2n) is 10.1. The number of fused-ring (bicyclic) bond motifs is 8. The van der Waals surface area contributed by atoms with E-state index in [9.17, 15) is 22.0 Å². The fraction of sp³-hybridized carbons (Fsp3) is 0.355. The van der Waals surface area contributed by atoms with Gasteiger partial charge in [-0.25, -0.2) is 14.4 Å². The van der Waals surface area contributed by atoms with E-state index in [0.29, 0.717) is 48.1 Å². The molecule has 5 heterocycles. The van der Waals surface area contributed by atoms with Crippen molar-refractivity contribution in [3.8, 4) is 0 Å². The fourth-order valence-corrected chi connectivity index (χ4v) is 5.68. The number of aromatic amines is 2. The minimum Gasteiger partial charge on any atom is -0.355 e. The molecule has 1 unspecified atom stereocenters. The first kappa shape index (κ1) is 28.7. The van der Waals surface area contributed by atoms with Gasteiger partial charge in [0, 0.05) is 27.6 Å². The lowest BCUT2D eigenvalue weighted by Gasteiger charge is -2.23. The highest BCUT2D eigenvalue weighted by Gasteiger charge is 2.64. The van der Waals surface area contributed by atoms with Crippen LogP contribution in [0.5, 0.6) is 0 Å². The molecule has 0 aliphatic carbocycles. The van der Waals surface area contributed by atoms with Crippen molar-refractivity contribution in [1.82, 2.24) is 19.9 Å². The van der Waals surface area contributed by atoms with E-state index in [0.717, 1.165) is 33.7 Å². The molecule has 5 rings (SSSR count). The van der Waals surface area contributed by atoms with Gasteiger partial charge in [-0.2, -0.15) is 22.0 Å². The van der Waals surface area contributed by atoms with Crippen LogP contribution in [0.15, 0.2) is 42.5 Å². The van der Waals surface area contributed by atoms with E-state index < -0.39 is 23.8 Å². The molecule has 8 bridgehead atoms. The molecule has 0 fully saturated rings. The lowest BCUT2D eigenvalue weighted by atomic mass is 9.98. The smallest absolute Gasteiger partial charge is 0.355 e. The average Bonchev–Trinajstić information content (AvgIpc) is 3.70. The number of nitrogens with zero attached hydrogens (tertiary/aromatic N) is 2. The van der Waals surface area contributed by atoms with Crippen LogP contribution < -0.4 is 0 Å². The lowest BCUT2D eigenvalue weighted by Crippen LogP contribution is -2.40. The second kappa shape index (κ2) is 10.5. The van der Waals surface area contributed by atoms with Crippen LogP contribution in [-0.2, 0) is 0 Å². The van der Waals surface area contributed by atoms with Crippen LogP contribution in [0.3, 0.4) is 0 Å². The Morgan fingerprint density at radius 2 is 0.976 bits per heavy atom. The van der Waals surface area contributed by atoms with Crippen molar-refractivity contribution in [1.29, 1.82) is 0 Å². The largest absolute Gasteiger partial charge is 0.456 e. The van der Waals surface area contributed by atoms with E-state index in [1.54, 1.807) is 12.1 Å². The summed E-state index contributed by atoms with van der Waals surface area (Å²) in [5, 5.41) is 0. The molecule has 10 heteroatoms. The summed E-state index contributed by atoms with van der Waals surface area (Å²) < 4.78 is 84.0. The molecule has 4 nitrogen and oxygen atoms in total.